The van der Waals surface area contributed by atoms with E-state index in [1.807, 2.05) is 12.3 Å². The maximum absolute atomic E-state index is 4.45. The summed E-state index contributed by atoms with van der Waals surface area (Å²) in [5.41, 5.74) is 1.52. The van der Waals surface area contributed by atoms with Crippen LogP contribution >= 0.6 is 0 Å². The molecule has 2 aliphatic rings. The molecule has 1 saturated carbocycles. The van der Waals surface area contributed by atoms with E-state index in [1.54, 1.807) is 0 Å². The molecular formula is C15H23N3. The van der Waals surface area contributed by atoms with E-state index in [0.29, 0.717) is 5.54 Å². The Bertz CT molecular complexity index is 388. The maximum atomic E-state index is 4.45. The van der Waals surface area contributed by atoms with Gasteiger partial charge in [0, 0.05) is 24.8 Å². The normalized spacial score (nSPS) is 30.1. The maximum Gasteiger partial charge on any atom is 0.0543 e. The van der Waals surface area contributed by atoms with Crippen LogP contribution in [0.25, 0.3) is 0 Å². The second-order valence-electron chi connectivity index (χ2n) is 6.00. The number of pyridine rings is 1. The Morgan fingerprint density at radius 1 is 1.44 bits per heavy atom. The van der Waals surface area contributed by atoms with Crippen LogP contribution in [0.1, 0.15) is 31.9 Å². The topological polar surface area (TPSA) is 28.2 Å². The molecule has 0 spiro atoms. The molecule has 2 heterocycles. The molecule has 1 atom stereocenters. The van der Waals surface area contributed by atoms with Crippen LogP contribution < -0.4 is 5.32 Å². The third kappa shape index (κ3) is 2.73. The number of hydrogen-bond donors (Lipinski definition) is 1. The van der Waals surface area contributed by atoms with Crippen LogP contribution in [0.4, 0.5) is 0 Å². The summed E-state index contributed by atoms with van der Waals surface area (Å²) >= 11 is 0. The molecule has 0 amide bonds. The quantitative estimate of drug-likeness (QED) is 0.883. The fraction of sp³-hybridized carbons (Fsp3) is 0.667. The first-order chi connectivity index (χ1) is 8.76. The van der Waals surface area contributed by atoms with E-state index >= 15 is 0 Å². The number of rotatable bonds is 3. The SMILES string of the molecule is CC1(C2CC2)CN(Cc2ccccn2)CCCN1. The van der Waals surface area contributed by atoms with Gasteiger partial charge in [-0.1, -0.05) is 6.07 Å². The smallest absolute Gasteiger partial charge is 0.0543 e. The number of hydrogen-bond acceptors (Lipinski definition) is 3. The van der Waals surface area contributed by atoms with Crippen molar-refractivity contribution in [3.63, 3.8) is 0 Å². The highest BCUT2D eigenvalue weighted by Crippen LogP contribution is 2.40. The first-order valence-electron chi connectivity index (χ1n) is 7.13. The van der Waals surface area contributed by atoms with Gasteiger partial charge in [0.15, 0.2) is 0 Å². The summed E-state index contributed by atoms with van der Waals surface area (Å²) in [6.45, 7) is 6.90. The number of aromatic nitrogens is 1. The summed E-state index contributed by atoms with van der Waals surface area (Å²) in [5, 5.41) is 3.77. The molecule has 3 rings (SSSR count). The van der Waals surface area contributed by atoms with E-state index < -0.39 is 0 Å². The van der Waals surface area contributed by atoms with Crippen molar-refractivity contribution in [3.8, 4) is 0 Å². The number of nitrogens with zero attached hydrogens (tertiary/aromatic N) is 2. The lowest BCUT2D eigenvalue weighted by Gasteiger charge is -2.33. The molecule has 3 nitrogen and oxygen atoms in total. The van der Waals surface area contributed by atoms with Crippen LogP contribution in [-0.4, -0.2) is 35.1 Å². The highest BCUT2D eigenvalue weighted by molar-refractivity contribution is 5.05. The Hall–Kier alpha value is -0.930. The van der Waals surface area contributed by atoms with Crippen molar-refractivity contribution in [2.24, 2.45) is 5.92 Å². The van der Waals surface area contributed by atoms with Gasteiger partial charge >= 0.3 is 0 Å². The molecule has 1 aliphatic carbocycles. The molecular weight excluding hydrogens is 222 g/mol. The third-order valence-corrected chi connectivity index (χ3v) is 4.32. The van der Waals surface area contributed by atoms with Gasteiger partial charge in [-0.2, -0.15) is 0 Å². The van der Waals surface area contributed by atoms with Gasteiger partial charge < -0.3 is 5.32 Å². The van der Waals surface area contributed by atoms with Crippen molar-refractivity contribution < 1.29 is 0 Å². The first-order valence-corrected chi connectivity index (χ1v) is 7.13. The van der Waals surface area contributed by atoms with E-state index in [4.69, 9.17) is 0 Å². The Labute approximate surface area is 110 Å². The van der Waals surface area contributed by atoms with Crippen LogP contribution in [-0.2, 0) is 6.54 Å². The molecule has 1 aromatic rings. The van der Waals surface area contributed by atoms with Gasteiger partial charge in [-0.05, 0) is 57.3 Å². The fourth-order valence-corrected chi connectivity index (χ4v) is 3.13. The van der Waals surface area contributed by atoms with Gasteiger partial charge in [0.1, 0.15) is 0 Å². The van der Waals surface area contributed by atoms with Crippen LogP contribution in [0.3, 0.4) is 0 Å². The van der Waals surface area contributed by atoms with Crippen LogP contribution in [0.2, 0.25) is 0 Å². The average Bonchev–Trinajstić information content (AvgIpc) is 3.19. The molecule has 0 bridgehead atoms. The molecule has 1 aromatic heterocycles. The van der Waals surface area contributed by atoms with Gasteiger partial charge in [-0.3, -0.25) is 9.88 Å². The van der Waals surface area contributed by atoms with Crippen molar-refractivity contribution in [2.75, 3.05) is 19.6 Å². The van der Waals surface area contributed by atoms with E-state index in [-0.39, 0.29) is 0 Å². The lowest BCUT2D eigenvalue weighted by Crippen LogP contribution is -2.50. The highest BCUT2D eigenvalue weighted by atomic mass is 15.2. The zero-order valence-electron chi connectivity index (χ0n) is 11.2. The van der Waals surface area contributed by atoms with Crippen molar-refractivity contribution in [3.05, 3.63) is 30.1 Å². The predicted octanol–water partition coefficient (Wildman–Crippen LogP) is 2.05. The summed E-state index contributed by atoms with van der Waals surface area (Å²) in [5.74, 6) is 0.891. The van der Waals surface area contributed by atoms with E-state index in [1.165, 1.54) is 31.5 Å². The summed E-state index contributed by atoms with van der Waals surface area (Å²) in [6, 6.07) is 6.20. The van der Waals surface area contributed by atoms with Crippen LogP contribution in [0.5, 0.6) is 0 Å². The molecule has 1 saturated heterocycles. The van der Waals surface area contributed by atoms with E-state index in [9.17, 15) is 0 Å². The van der Waals surface area contributed by atoms with Crippen molar-refractivity contribution >= 4 is 0 Å². The summed E-state index contributed by atoms with van der Waals surface area (Å²) in [6.07, 6.45) is 5.95. The van der Waals surface area contributed by atoms with Gasteiger partial charge in [-0.25, -0.2) is 0 Å². The van der Waals surface area contributed by atoms with Gasteiger partial charge in [0.2, 0.25) is 0 Å². The van der Waals surface area contributed by atoms with E-state index in [0.717, 1.165) is 25.6 Å². The first kappa shape index (κ1) is 12.1. The van der Waals surface area contributed by atoms with Crippen LogP contribution in [0.15, 0.2) is 24.4 Å². The zero-order chi connectivity index (χ0) is 12.4. The minimum absolute atomic E-state index is 0.325. The number of nitrogens with one attached hydrogen (secondary N) is 1. The van der Waals surface area contributed by atoms with Gasteiger partial charge in [0.05, 0.1) is 5.69 Å². The molecule has 18 heavy (non-hydrogen) atoms. The van der Waals surface area contributed by atoms with Crippen molar-refractivity contribution in [2.45, 2.75) is 38.3 Å². The minimum atomic E-state index is 0.325. The molecule has 1 unspecified atom stereocenters. The lowest BCUT2D eigenvalue weighted by molar-refractivity contribution is 0.193. The summed E-state index contributed by atoms with van der Waals surface area (Å²) in [4.78, 5) is 7.02. The average molecular weight is 245 g/mol. The Morgan fingerprint density at radius 3 is 3.06 bits per heavy atom. The molecule has 2 fully saturated rings. The fourth-order valence-electron chi connectivity index (χ4n) is 3.13. The zero-order valence-corrected chi connectivity index (χ0v) is 11.2. The monoisotopic (exact) mass is 245 g/mol. The third-order valence-electron chi connectivity index (χ3n) is 4.32. The molecule has 98 valence electrons. The van der Waals surface area contributed by atoms with Crippen molar-refractivity contribution in [1.82, 2.24) is 15.2 Å². The second-order valence-corrected chi connectivity index (χ2v) is 6.00. The van der Waals surface area contributed by atoms with E-state index in [2.05, 4.69) is 34.3 Å². The Morgan fingerprint density at radius 2 is 2.33 bits per heavy atom. The molecule has 1 aliphatic heterocycles. The van der Waals surface area contributed by atoms with Gasteiger partial charge in [-0.15, -0.1) is 0 Å². The largest absolute Gasteiger partial charge is 0.310 e. The van der Waals surface area contributed by atoms with Crippen molar-refractivity contribution in [1.29, 1.82) is 0 Å². The second kappa shape index (κ2) is 4.98. The minimum Gasteiger partial charge on any atom is -0.310 e. The highest BCUT2D eigenvalue weighted by Gasteiger charge is 2.42. The molecule has 1 N–H and O–H groups in total. The predicted molar refractivity (Wildman–Crippen MR) is 73.3 cm³/mol. The summed E-state index contributed by atoms with van der Waals surface area (Å²) < 4.78 is 0. The summed E-state index contributed by atoms with van der Waals surface area (Å²) in [7, 11) is 0. The molecule has 0 radical (unpaired) electrons. The Balaban J connectivity index is 1.67. The molecule has 0 aromatic carbocycles. The molecule has 3 heteroatoms. The van der Waals surface area contributed by atoms with Gasteiger partial charge in [0.25, 0.3) is 0 Å². The lowest BCUT2D eigenvalue weighted by atomic mass is 9.95. The Kier molecular flexibility index (Phi) is 3.35. The van der Waals surface area contributed by atoms with Crippen LogP contribution in [0, 0.1) is 5.92 Å². The standard InChI is InChI=1S/C15H23N3/c1-15(13-6-7-13)12-18(10-4-9-17-15)11-14-5-2-3-8-16-14/h2-3,5,8,13,17H,4,6-7,9-12H2,1H3.